The van der Waals surface area contributed by atoms with E-state index in [-0.39, 0.29) is 0 Å². The van der Waals surface area contributed by atoms with Crippen LogP contribution in [0.4, 0.5) is 0 Å². The van der Waals surface area contributed by atoms with Crippen molar-refractivity contribution >= 4 is 13.6 Å². The summed E-state index contributed by atoms with van der Waals surface area (Å²) in [6.07, 6.45) is 1.75. The molecule has 0 saturated carbocycles. The molecular formula is C12H10BN5. The average Bonchev–Trinajstić information content (AvgIpc) is 2.87. The first-order chi connectivity index (χ1) is 8.83. The lowest BCUT2D eigenvalue weighted by atomic mass is 10.1. The van der Waals surface area contributed by atoms with E-state index in [4.69, 9.17) is 0 Å². The minimum absolute atomic E-state index is 0.672. The van der Waals surface area contributed by atoms with Crippen molar-refractivity contribution in [1.29, 1.82) is 0 Å². The monoisotopic (exact) mass is 235 g/mol. The Kier molecular flexibility index (Phi) is 2.61. The number of hydrogen-bond donors (Lipinski definition) is 1. The number of nitrogens with one attached hydrogen (secondary N) is 1. The Labute approximate surface area is 105 Å². The van der Waals surface area contributed by atoms with Gasteiger partial charge >= 0.3 is 0 Å². The molecular weight excluding hydrogens is 225 g/mol. The summed E-state index contributed by atoms with van der Waals surface area (Å²) in [5, 5.41) is 6.86. The van der Waals surface area contributed by atoms with Gasteiger partial charge in [-0.25, -0.2) is 9.97 Å². The molecule has 0 aromatic carbocycles. The molecule has 0 unspecified atom stereocenters. The zero-order valence-corrected chi connectivity index (χ0v) is 9.83. The van der Waals surface area contributed by atoms with Crippen molar-refractivity contribution in [3.8, 4) is 22.9 Å². The molecule has 0 aliphatic carbocycles. The van der Waals surface area contributed by atoms with E-state index >= 15 is 0 Å². The summed E-state index contributed by atoms with van der Waals surface area (Å²) in [4.78, 5) is 13.1. The molecule has 0 spiro atoms. The van der Waals surface area contributed by atoms with Gasteiger partial charge in [0.2, 0.25) is 0 Å². The second-order valence-electron chi connectivity index (χ2n) is 3.85. The van der Waals surface area contributed by atoms with Crippen LogP contribution in [0.2, 0.25) is 0 Å². The number of pyridine rings is 2. The van der Waals surface area contributed by atoms with Crippen LogP contribution in [0.1, 0.15) is 0 Å². The molecule has 6 heteroatoms. The highest BCUT2D eigenvalue weighted by molar-refractivity contribution is 6.29. The summed E-state index contributed by atoms with van der Waals surface area (Å²) in [5.41, 5.74) is 3.13. The largest absolute Gasteiger partial charge is 0.259 e. The SMILES string of the molecule is Bc1n[nH]c(-c2cccc(-c3ccccn3)n2)n1. The summed E-state index contributed by atoms with van der Waals surface area (Å²) in [7, 11) is 1.84. The number of aromatic amines is 1. The molecule has 3 rings (SSSR count). The molecule has 0 aliphatic heterocycles. The minimum Gasteiger partial charge on any atom is -0.259 e. The lowest BCUT2D eigenvalue weighted by molar-refractivity contribution is 1.10. The highest BCUT2D eigenvalue weighted by Gasteiger charge is 2.06. The number of H-pyrrole nitrogens is 1. The second kappa shape index (κ2) is 4.41. The van der Waals surface area contributed by atoms with Crippen molar-refractivity contribution in [1.82, 2.24) is 25.1 Å². The predicted molar refractivity (Wildman–Crippen MR) is 71.0 cm³/mol. The first kappa shape index (κ1) is 10.6. The fourth-order valence-electron chi connectivity index (χ4n) is 1.68. The molecule has 3 heterocycles. The van der Waals surface area contributed by atoms with Crippen LogP contribution in [0.15, 0.2) is 42.6 Å². The molecule has 1 N–H and O–H groups in total. The van der Waals surface area contributed by atoms with Crippen LogP contribution in [0.5, 0.6) is 0 Å². The topological polar surface area (TPSA) is 67.3 Å². The van der Waals surface area contributed by atoms with E-state index in [1.54, 1.807) is 6.20 Å². The van der Waals surface area contributed by atoms with Crippen molar-refractivity contribution in [2.24, 2.45) is 0 Å². The third kappa shape index (κ3) is 2.00. The van der Waals surface area contributed by atoms with Crippen LogP contribution in [-0.4, -0.2) is 33.0 Å². The lowest BCUT2D eigenvalue weighted by Crippen LogP contribution is -2.05. The second-order valence-corrected chi connectivity index (χ2v) is 3.85. The van der Waals surface area contributed by atoms with Crippen molar-refractivity contribution in [3.63, 3.8) is 0 Å². The molecule has 5 nitrogen and oxygen atoms in total. The van der Waals surface area contributed by atoms with Crippen molar-refractivity contribution in [2.75, 3.05) is 0 Å². The lowest BCUT2D eigenvalue weighted by Gasteiger charge is -2.01. The summed E-state index contributed by atoms with van der Waals surface area (Å²) in [6, 6.07) is 11.5. The smallest absolute Gasteiger partial charge is 0.191 e. The molecule has 86 valence electrons. The fraction of sp³-hybridized carbons (Fsp3) is 0. The van der Waals surface area contributed by atoms with Gasteiger partial charge in [-0.05, 0) is 24.3 Å². The van der Waals surface area contributed by atoms with E-state index in [0.29, 0.717) is 11.5 Å². The van der Waals surface area contributed by atoms with Gasteiger partial charge in [-0.1, -0.05) is 12.1 Å². The third-order valence-corrected chi connectivity index (χ3v) is 2.52. The number of aromatic nitrogens is 5. The Balaban J connectivity index is 2.05. The molecule has 0 radical (unpaired) electrons. The van der Waals surface area contributed by atoms with Crippen LogP contribution in [-0.2, 0) is 0 Å². The quantitative estimate of drug-likeness (QED) is 0.643. The standard InChI is InChI=1S/C12H10BN5/c13-12-16-11(17-18-12)10-6-3-5-9(15-10)8-4-1-2-7-14-8/h1-7H,13H2,(H,16,17,18). The molecule has 0 saturated heterocycles. The maximum Gasteiger partial charge on any atom is 0.191 e. The first-order valence-electron chi connectivity index (χ1n) is 5.61. The maximum absolute atomic E-state index is 4.53. The van der Waals surface area contributed by atoms with Gasteiger partial charge in [0, 0.05) is 6.20 Å². The maximum atomic E-state index is 4.53. The van der Waals surface area contributed by atoms with Crippen LogP contribution < -0.4 is 5.72 Å². The molecule has 0 amide bonds. The summed E-state index contributed by atoms with van der Waals surface area (Å²) >= 11 is 0. The molecule has 0 aliphatic rings. The van der Waals surface area contributed by atoms with Crippen molar-refractivity contribution < 1.29 is 0 Å². The van der Waals surface area contributed by atoms with Crippen LogP contribution in [0, 0.1) is 0 Å². The molecule has 3 aromatic heterocycles. The Bertz CT molecular complexity index is 665. The molecule has 0 bridgehead atoms. The third-order valence-electron chi connectivity index (χ3n) is 2.52. The Morgan fingerprint density at radius 2 is 1.72 bits per heavy atom. The zero-order chi connectivity index (χ0) is 12.4. The summed E-state index contributed by atoms with van der Waals surface area (Å²) < 4.78 is 0. The van der Waals surface area contributed by atoms with E-state index in [1.165, 1.54) is 0 Å². The normalized spacial score (nSPS) is 10.4. The van der Waals surface area contributed by atoms with Gasteiger partial charge in [-0.15, -0.1) is 0 Å². The Morgan fingerprint density at radius 1 is 0.889 bits per heavy atom. The Morgan fingerprint density at radius 3 is 2.44 bits per heavy atom. The Hall–Kier alpha value is -2.50. The van der Waals surface area contributed by atoms with Gasteiger partial charge in [0.15, 0.2) is 13.7 Å². The molecule has 0 atom stereocenters. The van der Waals surface area contributed by atoms with Crippen molar-refractivity contribution in [2.45, 2.75) is 0 Å². The van der Waals surface area contributed by atoms with Gasteiger partial charge < -0.3 is 0 Å². The van der Waals surface area contributed by atoms with Gasteiger partial charge in [0.1, 0.15) is 11.4 Å². The molecule has 18 heavy (non-hydrogen) atoms. The molecule has 3 aromatic rings. The summed E-state index contributed by atoms with van der Waals surface area (Å²) in [5.74, 6) is 0.672. The van der Waals surface area contributed by atoms with Crippen LogP contribution >= 0.6 is 0 Å². The minimum atomic E-state index is 0.672. The molecule has 0 fully saturated rings. The van der Waals surface area contributed by atoms with E-state index in [1.807, 2.05) is 44.2 Å². The van der Waals surface area contributed by atoms with Crippen molar-refractivity contribution in [3.05, 3.63) is 42.6 Å². The fourth-order valence-corrected chi connectivity index (χ4v) is 1.68. The predicted octanol–water partition coefficient (Wildman–Crippen LogP) is 0.187. The van der Waals surface area contributed by atoms with Crippen LogP contribution in [0.3, 0.4) is 0 Å². The van der Waals surface area contributed by atoms with E-state index in [9.17, 15) is 0 Å². The zero-order valence-electron chi connectivity index (χ0n) is 9.83. The number of hydrogen-bond acceptors (Lipinski definition) is 4. The number of rotatable bonds is 2. The van der Waals surface area contributed by atoms with E-state index in [2.05, 4.69) is 25.1 Å². The van der Waals surface area contributed by atoms with Gasteiger partial charge in [0.05, 0.1) is 11.4 Å². The van der Waals surface area contributed by atoms with E-state index in [0.717, 1.165) is 17.1 Å². The van der Waals surface area contributed by atoms with Crippen LogP contribution in [0.25, 0.3) is 22.9 Å². The van der Waals surface area contributed by atoms with E-state index < -0.39 is 0 Å². The number of nitrogens with zero attached hydrogens (tertiary/aromatic N) is 4. The average molecular weight is 235 g/mol. The highest BCUT2D eigenvalue weighted by atomic mass is 15.2. The summed E-state index contributed by atoms with van der Waals surface area (Å²) in [6.45, 7) is 0. The van der Waals surface area contributed by atoms with Gasteiger partial charge in [0.25, 0.3) is 0 Å². The van der Waals surface area contributed by atoms with Gasteiger partial charge in [-0.2, -0.15) is 5.10 Å². The first-order valence-corrected chi connectivity index (χ1v) is 5.61. The van der Waals surface area contributed by atoms with Gasteiger partial charge in [-0.3, -0.25) is 10.1 Å². The highest BCUT2D eigenvalue weighted by Crippen LogP contribution is 2.17.